The monoisotopic (exact) mass is 294 g/mol. The van der Waals surface area contributed by atoms with Crippen molar-refractivity contribution in [1.82, 2.24) is 10.6 Å². The highest BCUT2D eigenvalue weighted by Crippen LogP contribution is 2.39. The van der Waals surface area contributed by atoms with Gasteiger partial charge in [-0.3, -0.25) is 0 Å². The molecular formula is C15H19FN2O3. The first kappa shape index (κ1) is 15.3. The van der Waals surface area contributed by atoms with E-state index in [0.717, 1.165) is 12.8 Å². The fourth-order valence-electron chi connectivity index (χ4n) is 2.36. The fourth-order valence-corrected chi connectivity index (χ4v) is 2.36. The molecule has 0 aliphatic heterocycles. The molecule has 1 aliphatic carbocycles. The Morgan fingerprint density at radius 2 is 2.00 bits per heavy atom. The van der Waals surface area contributed by atoms with E-state index in [4.69, 9.17) is 0 Å². The molecule has 1 saturated carbocycles. The quantitative estimate of drug-likeness (QED) is 0.780. The molecule has 1 aliphatic rings. The van der Waals surface area contributed by atoms with Gasteiger partial charge in [-0.15, -0.1) is 0 Å². The standard InChI is InChI=1S/C15H19FN2O3/c1-9(11-5-3-4-6-12(11)16)17-14(21)18-15(2,13(19)20)10-7-8-10/h3-6,9-10H,7-8H2,1-2H3,(H,19,20)(H2,17,18,21). The minimum absolute atomic E-state index is 0.0514. The lowest BCUT2D eigenvalue weighted by Gasteiger charge is -2.27. The first-order chi connectivity index (χ1) is 9.84. The van der Waals surface area contributed by atoms with Crippen LogP contribution in [0.3, 0.4) is 0 Å². The summed E-state index contributed by atoms with van der Waals surface area (Å²) in [5.41, 5.74) is -0.921. The lowest BCUT2D eigenvalue weighted by atomic mass is 9.96. The summed E-state index contributed by atoms with van der Waals surface area (Å²) < 4.78 is 13.6. The van der Waals surface area contributed by atoms with E-state index in [1.807, 2.05) is 0 Å². The summed E-state index contributed by atoms with van der Waals surface area (Å²) in [7, 11) is 0. The van der Waals surface area contributed by atoms with Crippen molar-refractivity contribution >= 4 is 12.0 Å². The van der Waals surface area contributed by atoms with Gasteiger partial charge >= 0.3 is 12.0 Å². The van der Waals surface area contributed by atoms with Gasteiger partial charge in [0.25, 0.3) is 0 Å². The Labute approximate surface area is 122 Å². The largest absolute Gasteiger partial charge is 0.480 e. The molecule has 0 saturated heterocycles. The lowest BCUT2D eigenvalue weighted by Crippen LogP contribution is -2.57. The van der Waals surface area contributed by atoms with E-state index in [2.05, 4.69) is 10.6 Å². The van der Waals surface area contributed by atoms with E-state index < -0.39 is 29.4 Å². The molecule has 2 rings (SSSR count). The molecule has 21 heavy (non-hydrogen) atoms. The summed E-state index contributed by atoms with van der Waals surface area (Å²) in [5.74, 6) is -1.52. The number of carboxylic acid groups (broad SMARTS) is 1. The van der Waals surface area contributed by atoms with Gasteiger partial charge in [0, 0.05) is 5.56 Å². The first-order valence-electron chi connectivity index (χ1n) is 6.91. The third-order valence-electron chi connectivity index (χ3n) is 3.93. The van der Waals surface area contributed by atoms with Crippen LogP contribution in [0.4, 0.5) is 9.18 Å². The molecule has 0 spiro atoms. The molecule has 0 bridgehead atoms. The van der Waals surface area contributed by atoms with Gasteiger partial charge in [-0.2, -0.15) is 0 Å². The van der Waals surface area contributed by atoms with Crippen molar-refractivity contribution in [2.75, 3.05) is 0 Å². The summed E-state index contributed by atoms with van der Waals surface area (Å²) in [6.45, 7) is 3.15. The number of urea groups is 1. The lowest BCUT2D eigenvalue weighted by molar-refractivity contribution is -0.144. The van der Waals surface area contributed by atoms with Crippen LogP contribution in [0.1, 0.15) is 38.3 Å². The molecule has 1 fully saturated rings. The Morgan fingerprint density at radius 1 is 1.38 bits per heavy atom. The number of carboxylic acids is 1. The molecule has 0 heterocycles. The van der Waals surface area contributed by atoms with E-state index in [-0.39, 0.29) is 5.92 Å². The smallest absolute Gasteiger partial charge is 0.329 e. The van der Waals surface area contributed by atoms with Crippen molar-refractivity contribution in [3.63, 3.8) is 0 Å². The number of hydrogen-bond donors (Lipinski definition) is 3. The first-order valence-corrected chi connectivity index (χ1v) is 6.91. The summed E-state index contributed by atoms with van der Waals surface area (Å²) in [5, 5.41) is 14.4. The molecule has 0 radical (unpaired) electrons. The summed E-state index contributed by atoms with van der Waals surface area (Å²) in [6.07, 6.45) is 1.57. The van der Waals surface area contributed by atoms with Crippen molar-refractivity contribution in [3.8, 4) is 0 Å². The highest BCUT2D eigenvalue weighted by molar-refractivity contribution is 5.86. The minimum Gasteiger partial charge on any atom is -0.480 e. The highest BCUT2D eigenvalue weighted by atomic mass is 19.1. The van der Waals surface area contributed by atoms with Crippen molar-refractivity contribution in [1.29, 1.82) is 0 Å². The minimum atomic E-state index is -1.28. The highest BCUT2D eigenvalue weighted by Gasteiger charge is 2.48. The second-order valence-electron chi connectivity index (χ2n) is 5.62. The molecule has 6 heteroatoms. The van der Waals surface area contributed by atoms with Crippen LogP contribution < -0.4 is 10.6 Å². The van der Waals surface area contributed by atoms with Crippen molar-refractivity contribution < 1.29 is 19.1 Å². The van der Waals surface area contributed by atoms with Gasteiger partial charge in [0.05, 0.1) is 6.04 Å². The Hall–Kier alpha value is -2.11. The number of hydrogen-bond acceptors (Lipinski definition) is 2. The fraction of sp³-hybridized carbons (Fsp3) is 0.467. The van der Waals surface area contributed by atoms with Crippen LogP contribution in [-0.4, -0.2) is 22.6 Å². The summed E-state index contributed by atoms with van der Waals surface area (Å²) >= 11 is 0. The SMILES string of the molecule is CC(NC(=O)NC(C)(C(=O)O)C1CC1)c1ccccc1F. The van der Waals surface area contributed by atoms with Gasteiger partial charge < -0.3 is 15.7 Å². The topological polar surface area (TPSA) is 78.4 Å². The maximum atomic E-state index is 13.6. The van der Waals surface area contributed by atoms with Gasteiger partial charge in [0.2, 0.25) is 0 Å². The molecule has 2 atom stereocenters. The van der Waals surface area contributed by atoms with Crippen LogP contribution in [0.25, 0.3) is 0 Å². The third kappa shape index (κ3) is 3.32. The Kier molecular flexibility index (Phi) is 4.16. The zero-order valence-corrected chi connectivity index (χ0v) is 12.0. The predicted molar refractivity (Wildman–Crippen MR) is 75.2 cm³/mol. The summed E-state index contributed by atoms with van der Waals surface area (Å²) in [4.78, 5) is 23.3. The van der Waals surface area contributed by atoms with Crippen LogP contribution in [0, 0.1) is 11.7 Å². The van der Waals surface area contributed by atoms with Gasteiger partial charge in [-0.1, -0.05) is 18.2 Å². The molecule has 0 aromatic heterocycles. The van der Waals surface area contributed by atoms with Crippen molar-refractivity contribution in [3.05, 3.63) is 35.6 Å². The van der Waals surface area contributed by atoms with Crippen LogP contribution in [0.15, 0.2) is 24.3 Å². The van der Waals surface area contributed by atoms with Crippen LogP contribution in [-0.2, 0) is 4.79 Å². The number of rotatable bonds is 5. The van der Waals surface area contributed by atoms with E-state index in [1.54, 1.807) is 25.1 Å². The molecule has 2 unspecified atom stereocenters. The maximum absolute atomic E-state index is 13.6. The zero-order valence-electron chi connectivity index (χ0n) is 12.0. The summed E-state index contributed by atoms with van der Waals surface area (Å²) in [6, 6.07) is 4.99. The number of nitrogens with one attached hydrogen (secondary N) is 2. The molecule has 114 valence electrons. The Bertz CT molecular complexity index is 560. The van der Waals surface area contributed by atoms with Crippen LogP contribution in [0.2, 0.25) is 0 Å². The number of carbonyl (C=O) groups excluding carboxylic acids is 1. The average molecular weight is 294 g/mol. The van der Waals surface area contributed by atoms with Gasteiger partial charge in [0.15, 0.2) is 0 Å². The van der Waals surface area contributed by atoms with Crippen LogP contribution >= 0.6 is 0 Å². The molecule has 1 aromatic carbocycles. The number of benzene rings is 1. The third-order valence-corrected chi connectivity index (χ3v) is 3.93. The van der Waals surface area contributed by atoms with Gasteiger partial charge in [-0.05, 0) is 38.7 Å². The average Bonchev–Trinajstić information content (AvgIpc) is 3.22. The number of carbonyl (C=O) groups is 2. The van der Waals surface area contributed by atoms with Gasteiger partial charge in [-0.25, -0.2) is 14.0 Å². The molecule has 5 nitrogen and oxygen atoms in total. The number of halogens is 1. The van der Waals surface area contributed by atoms with E-state index in [0.29, 0.717) is 5.56 Å². The van der Waals surface area contributed by atoms with Gasteiger partial charge in [0.1, 0.15) is 11.4 Å². The molecular weight excluding hydrogens is 275 g/mol. The van der Waals surface area contributed by atoms with Crippen molar-refractivity contribution in [2.24, 2.45) is 5.92 Å². The van der Waals surface area contributed by atoms with Crippen LogP contribution in [0.5, 0.6) is 0 Å². The van der Waals surface area contributed by atoms with E-state index in [1.165, 1.54) is 13.0 Å². The number of amides is 2. The Balaban J connectivity index is 2.01. The van der Waals surface area contributed by atoms with E-state index >= 15 is 0 Å². The second-order valence-corrected chi connectivity index (χ2v) is 5.62. The maximum Gasteiger partial charge on any atom is 0.329 e. The second kappa shape index (κ2) is 5.71. The normalized spacial score (nSPS) is 18.4. The molecule has 1 aromatic rings. The Morgan fingerprint density at radius 3 is 2.52 bits per heavy atom. The predicted octanol–water partition coefficient (Wildman–Crippen LogP) is 2.44. The molecule has 2 amide bonds. The number of aliphatic carboxylic acids is 1. The van der Waals surface area contributed by atoms with E-state index in [9.17, 15) is 19.1 Å². The zero-order chi connectivity index (χ0) is 15.6. The molecule has 3 N–H and O–H groups in total. The van der Waals surface area contributed by atoms with Crippen molar-refractivity contribution in [2.45, 2.75) is 38.3 Å².